The second-order valence-electron chi connectivity index (χ2n) is 8.15. The second kappa shape index (κ2) is 10.2. The van der Waals surface area contributed by atoms with Crippen LogP contribution in [0.15, 0.2) is 52.4 Å². The molecule has 0 unspecified atom stereocenters. The van der Waals surface area contributed by atoms with Crippen molar-refractivity contribution in [1.29, 1.82) is 0 Å². The van der Waals surface area contributed by atoms with E-state index in [-0.39, 0.29) is 31.2 Å². The molecule has 3 heterocycles. The highest BCUT2D eigenvalue weighted by Gasteiger charge is 2.23. The van der Waals surface area contributed by atoms with Gasteiger partial charge in [-0.05, 0) is 42.7 Å². The molecular weight excluding hydrogens is 518 g/mol. The van der Waals surface area contributed by atoms with Gasteiger partial charge in [0.15, 0.2) is 16.7 Å². The smallest absolute Gasteiger partial charge is 0.348 e. The fourth-order valence-corrected chi connectivity index (χ4v) is 6.03. The number of thiophene rings is 1. The Balaban J connectivity index is 1.57. The molecule has 2 aromatic heterocycles. The zero-order valence-corrected chi connectivity index (χ0v) is 21.5. The quantitative estimate of drug-likeness (QED) is 0.101. The van der Waals surface area contributed by atoms with Crippen molar-refractivity contribution < 1.29 is 23.9 Å². The second-order valence-corrected chi connectivity index (χ2v) is 10.1. The number of ether oxygens (including phenoxy) is 3. The highest BCUT2D eigenvalue weighted by molar-refractivity contribution is 7.98. The molecule has 37 heavy (non-hydrogen) atoms. The Morgan fingerprint density at radius 3 is 2.81 bits per heavy atom. The SMILES string of the molecule is CCOC(=O)c1sc2nc(SCc3cccc([N+](=O)[O-])c3)n(Cc3ccc4c(c3)OCO4)c(=O)c2c1C. The molecular formula is C25H21N3O7S2. The van der Waals surface area contributed by atoms with E-state index in [1.165, 1.54) is 23.9 Å². The van der Waals surface area contributed by atoms with Crippen molar-refractivity contribution >= 4 is 45.0 Å². The van der Waals surface area contributed by atoms with E-state index in [2.05, 4.69) is 0 Å². The first kappa shape index (κ1) is 24.8. The molecule has 1 aliphatic rings. The topological polar surface area (TPSA) is 123 Å². The van der Waals surface area contributed by atoms with Crippen LogP contribution in [0.1, 0.15) is 33.3 Å². The highest BCUT2D eigenvalue weighted by Crippen LogP contribution is 2.34. The van der Waals surface area contributed by atoms with Gasteiger partial charge >= 0.3 is 5.97 Å². The van der Waals surface area contributed by atoms with Gasteiger partial charge in [0, 0.05) is 17.9 Å². The largest absolute Gasteiger partial charge is 0.462 e. The third kappa shape index (κ3) is 4.89. The van der Waals surface area contributed by atoms with Gasteiger partial charge in [0.25, 0.3) is 11.2 Å². The molecule has 0 radical (unpaired) electrons. The lowest BCUT2D eigenvalue weighted by Crippen LogP contribution is -2.24. The third-order valence-corrected chi connectivity index (χ3v) is 7.96. The summed E-state index contributed by atoms with van der Waals surface area (Å²) in [4.78, 5) is 42.5. The third-order valence-electron chi connectivity index (χ3n) is 5.74. The van der Waals surface area contributed by atoms with E-state index in [1.54, 1.807) is 36.6 Å². The van der Waals surface area contributed by atoms with Crippen LogP contribution in [0.4, 0.5) is 5.69 Å². The standard InChI is InChI=1S/C25H21N3O7S2/c1-3-33-24(30)21-14(2)20-22(37-21)26-25(36-12-16-5-4-6-17(9-16)28(31)32)27(23(20)29)11-15-7-8-18-19(10-15)35-13-34-18/h4-10H,3,11-13H2,1-2H3. The average Bonchev–Trinajstić information content (AvgIpc) is 3.49. The average molecular weight is 540 g/mol. The monoisotopic (exact) mass is 539 g/mol. The van der Waals surface area contributed by atoms with Gasteiger partial charge in [0.1, 0.15) is 9.71 Å². The number of aromatic nitrogens is 2. The van der Waals surface area contributed by atoms with Crippen LogP contribution in [0.3, 0.4) is 0 Å². The van der Waals surface area contributed by atoms with Crippen LogP contribution in [0.25, 0.3) is 10.2 Å². The maximum Gasteiger partial charge on any atom is 0.348 e. The predicted molar refractivity (Wildman–Crippen MR) is 139 cm³/mol. The van der Waals surface area contributed by atoms with Crippen LogP contribution < -0.4 is 15.0 Å². The fourth-order valence-electron chi connectivity index (χ4n) is 3.97. The summed E-state index contributed by atoms with van der Waals surface area (Å²) in [6, 6.07) is 11.8. The molecule has 0 atom stereocenters. The fraction of sp³-hybridized carbons (Fsp3) is 0.240. The summed E-state index contributed by atoms with van der Waals surface area (Å²) >= 11 is 2.41. The van der Waals surface area contributed by atoms with Gasteiger partial charge in [-0.2, -0.15) is 0 Å². The lowest BCUT2D eigenvalue weighted by Gasteiger charge is -2.13. The minimum Gasteiger partial charge on any atom is -0.462 e. The number of fused-ring (bicyclic) bond motifs is 2. The van der Waals surface area contributed by atoms with Crippen molar-refractivity contribution in [3.05, 3.63) is 84.5 Å². The summed E-state index contributed by atoms with van der Waals surface area (Å²) < 4.78 is 17.6. The summed E-state index contributed by atoms with van der Waals surface area (Å²) in [5, 5.41) is 12.0. The van der Waals surface area contributed by atoms with Crippen LogP contribution in [0.2, 0.25) is 0 Å². The zero-order chi connectivity index (χ0) is 26.1. The molecule has 12 heteroatoms. The summed E-state index contributed by atoms with van der Waals surface area (Å²) in [7, 11) is 0. The van der Waals surface area contributed by atoms with E-state index in [0.717, 1.165) is 22.5 Å². The minimum atomic E-state index is -0.490. The molecule has 190 valence electrons. The first-order chi connectivity index (χ1) is 17.9. The number of nitro groups is 1. The van der Waals surface area contributed by atoms with Crippen LogP contribution in [0, 0.1) is 17.0 Å². The molecule has 0 aliphatic carbocycles. The van der Waals surface area contributed by atoms with Crippen LogP contribution in [-0.2, 0) is 17.0 Å². The van der Waals surface area contributed by atoms with Gasteiger partial charge in [0.05, 0.1) is 23.5 Å². The number of aryl methyl sites for hydroxylation is 1. The molecule has 0 spiro atoms. The highest BCUT2D eigenvalue weighted by atomic mass is 32.2. The van der Waals surface area contributed by atoms with Crippen molar-refractivity contribution in [3.63, 3.8) is 0 Å². The van der Waals surface area contributed by atoms with Gasteiger partial charge in [-0.1, -0.05) is 30.0 Å². The Morgan fingerprint density at radius 1 is 1.22 bits per heavy atom. The van der Waals surface area contributed by atoms with Crippen molar-refractivity contribution in [2.24, 2.45) is 0 Å². The molecule has 2 aromatic carbocycles. The van der Waals surface area contributed by atoms with Crippen molar-refractivity contribution in [2.75, 3.05) is 13.4 Å². The molecule has 10 nitrogen and oxygen atoms in total. The molecule has 0 bridgehead atoms. The van der Waals surface area contributed by atoms with Crippen LogP contribution >= 0.6 is 23.1 Å². The van der Waals surface area contributed by atoms with Gasteiger partial charge in [-0.15, -0.1) is 11.3 Å². The molecule has 0 fully saturated rings. The Labute approximate surface area is 219 Å². The normalized spacial score (nSPS) is 12.2. The van der Waals surface area contributed by atoms with E-state index in [0.29, 0.717) is 43.1 Å². The summed E-state index contributed by atoms with van der Waals surface area (Å²) in [6.45, 7) is 4.01. The summed E-state index contributed by atoms with van der Waals surface area (Å²) in [5.41, 5.74) is 1.77. The van der Waals surface area contributed by atoms with E-state index in [4.69, 9.17) is 19.2 Å². The lowest BCUT2D eigenvalue weighted by atomic mass is 10.2. The zero-order valence-electron chi connectivity index (χ0n) is 19.9. The molecule has 4 aromatic rings. The number of non-ortho nitro benzene ring substituents is 1. The molecule has 1 aliphatic heterocycles. The number of thioether (sulfide) groups is 1. The number of nitrogens with zero attached hydrogens (tertiary/aromatic N) is 3. The lowest BCUT2D eigenvalue weighted by molar-refractivity contribution is -0.384. The maximum atomic E-state index is 13.8. The van der Waals surface area contributed by atoms with E-state index in [9.17, 15) is 19.7 Å². The number of benzene rings is 2. The Bertz CT molecular complexity index is 1600. The number of rotatable bonds is 8. The van der Waals surface area contributed by atoms with E-state index >= 15 is 0 Å². The van der Waals surface area contributed by atoms with Gasteiger partial charge < -0.3 is 14.2 Å². The number of nitro benzene ring substituents is 1. The first-order valence-electron chi connectivity index (χ1n) is 11.3. The number of esters is 1. The van der Waals surface area contributed by atoms with Crippen LogP contribution in [-0.4, -0.2) is 33.8 Å². The number of carbonyl (C=O) groups excluding carboxylic acids is 1. The summed E-state index contributed by atoms with van der Waals surface area (Å²) in [6.07, 6.45) is 0. The molecule has 5 rings (SSSR count). The Hall–Kier alpha value is -3.90. The van der Waals surface area contributed by atoms with Crippen molar-refractivity contribution in [2.45, 2.75) is 31.3 Å². The molecule has 0 saturated carbocycles. The van der Waals surface area contributed by atoms with Gasteiger partial charge in [-0.25, -0.2) is 9.78 Å². The Morgan fingerprint density at radius 2 is 2.03 bits per heavy atom. The van der Waals surface area contributed by atoms with E-state index < -0.39 is 10.9 Å². The maximum absolute atomic E-state index is 13.8. The number of carbonyl (C=O) groups is 1. The van der Waals surface area contributed by atoms with Gasteiger partial charge in [-0.3, -0.25) is 19.5 Å². The Kier molecular flexibility index (Phi) is 6.85. The first-order valence-corrected chi connectivity index (χ1v) is 13.1. The summed E-state index contributed by atoms with van der Waals surface area (Å²) in [5.74, 6) is 1.10. The molecule has 0 saturated heterocycles. The predicted octanol–water partition coefficient (Wildman–Crippen LogP) is 4.92. The van der Waals surface area contributed by atoms with Crippen LogP contribution in [0.5, 0.6) is 11.5 Å². The molecule has 0 N–H and O–H groups in total. The van der Waals surface area contributed by atoms with Gasteiger partial charge in [0.2, 0.25) is 6.79 Å². The van der Waals surface area contributed by atoms with E-state index in [1.807, 2.05) is 12.1 Å². The number of hydrogen-bond acceptors (Lipinski definition) is 10. The van der Waals surface area contributed by atoms with Crippen molar-refractivity contribution in [3.8, 4) is 11.5 Å². The number of hydrogen-bond donors (Lipinski definition) is 0. The minimum absolute atomic E-state index is 0.00720. The molecule has 0 amide bonds. The van der Waals surface area contributed by atoms with Crippen molar-refractivity contribution in [1.82, 2.24) is 9.55 Å².